The highest BCUT2D eigenvalue weighted by Crippen LogP contribution is 2.36. The van der Waals surface area contributed by atoms with Crippen LogP contribution in [0.25, 0.3) is 10.4 Å². The van der Waals surface area contributed by atoms with Gasteiger partial charge in [0.1, 0.15) is 13.2 Å². The summed E-state index contributed by atoms with van der Waals surface area (Å²) in [6.07, 6.45) is 0. The average Bonchev–Trinajstić information content (AvgIpc) is 3.22. The normalized spacial score (nSPS) is 12.3. The number of hydrogen-bond donors (Lipinski definition) is 2. The molecule has 7 heteroatoms. The second-order valence-corrected chi connectivity index (χ2v) is 6.88. The molecule has 0 spiro atoms. The quantitative estimate of drug-likeness (QED) is 0.684. The summed E-state index contributed by atoms with van der Waals surface area (Å²) in [5, 5.41) is 0. The molecule has 0 unspecified atom stereocenters. The SMILES string of the molecule is O=C(NNC(=O)c1ccc(-c2ccc3c(c2)OCCO3)s1)c1ccccc1. The van der Waals surface area contributed by atoms with Crippen LogP contribution < -0.4 is 20.3 Å². The Bertz CT molecular complexity index is 985. The minimum absolute atomic E-state index is 0.368. The average molecular weight is 380 g/mol. The summed E-state index contributed by atoms with van der Waals surface area (Å²) in [4.78, 5) is 25.7. The number of fused-ring (bicyclic) bond motifs is 1. The molecule has 2 N–H and O–H groups in total. The standard InChI is InChI=1S/C20H16N2O4S/c23-19(13-4-2-1-3-5-13)21-22-20(24)18-9-8-17(27-18)14-6-7-15-16(12-14)26-11-10-25-15/h1-9,12H,10-11H2,(H,21,23)(H,22,24). The number of rotatable bonds is 3. The van der Waals surface area contributed by atoms with Crippen molar-refractivity contribution < 1.29 is 19.1 Å². The van der Waals surface area contributed by atoms with E-state index < -0.39 is 0 Å². The number of benzene rings is 2. The summed E-state index contributed by atoms with van der Waals surface area (Å²) in [5.41, 5.74) is 6.27. The molecule has 1 aromatic heterocycles. The first-order chi connectivity index (χ1) is 13.2. The molecule has 0 radical (unpaired) electrons. The van der Waals surface area contributed by atoms with Crippen LogP contribution in [0.4, 0.5) is 0 Å². The van der Waals surface area contributed by atoms with Gasteiger partial charge in [-0.2, -0.15) is 0 Å². The van der Waals surface area contributed by atoms with Crippen LogP contribution in [-0.2, 0) is 0 Å². The Hall–Kier alpha value is -3.32. The maximum atomic E-state index is 12.3. The van der Waals surface area contributed by atoms with Gasteiger partial charge in [-0.15, -0.1) is 11.3 Å². The van der Waals surface area contributed by atoms with Crippen LogP contribution >= 0.6 is 11.3 Å². The van der Waals surface area contributed by atoms with E-state index in [0.29, 0.717) is 29.4 Å². The summed E-state index contributed by atoms with van der Waals surface area (Å²) in [5.74, 6) is 0.692. The second kappa shape index (κ2) is 7.51. The highest BCUT2D eigenvalue weighted by atomic mass is 32.1. The molecule has 1 aliphatic rings. The van der Waals surface area contributed by atoms with Crippen molar-refractivity contribution >= 4 is 23.2 Å². The van der Waals surface area contributed by atoms with Crippen LogP contribution in [0.3, 0.4) is 0 Å². The van der Waals surface area contributed by atoms with Gasteiger partial charge in [0.25, 0.3) is 11.8 Å². The first-order valence-electron chi connectivity index (χ1n) is 8.36. The zero-order valence-corrected chi connectivity index (χ0v) is 15.0. The summed E-state index contributed by atoms with van der Waals surface area (Å²) in [6, 6.07) is 18.0. The Kier molecular flexibility index (Phi) is 4.76. The summed E-state index contributed by atoms with van der Waals surface area (Å²) < 4.78 is 11.1. The van der Waals surface area contributed by atoms with Gasteiger partial charge in [-0.3, -0.25) is 20.4 Å². The molecular formula is C20H16N2O4S. The molecule has 6 nitrogen and oxygen atoms in total. The number of thiophene rings is 1. The van der Waals surface area contributed by atoms with E-state index in [0.717, 1.165) is 16.2 Å². The van der Waals surface area contributed by atoms with Crippen molar-refractivity contribution in [2.24, 2.45) is 0 Å². The first-order valence-corrected chi connectivity index (χ1v) is 9.18. The van der Waals surface area contributed by atoms with E-state index >= 15 is 0 Å². The number of carbonyl (C=O) groups is 2. The number of hydrogen-bond acceptors (Lipinski definition) is 5. The molecule has 3 aromatic rings. The third kappa shape index (κ3) is 3.78. The molecule has 136 valence electrons. The zero-order valence-electron chi connectivity index (χ0n) is 14.2. The lowest BCUT2D eigenvalue weighted by atomic mass is 10.1. The molecular weight excluding hydrogens is 364 g/mol. The molecule has 27 heavy (non-hydrogen) atoms. The summed E-state index contributed by atoms with van der Waals surface area (Å²) >= 11 is 1.33. The molecule has 4 rings (SSSR count). The second-order valence-electron chi connectivity index (χ2n) is 5.80. The van der Waals surface area contributed by atoms with Crippen LogP contribution in [0.1, 0.15) is 20.0 Å². The van der Waals surface area contributed by atoms with Gasteiger partial charge in [0.2, 0.25) is 0 Å². The van der Waals surface area contributed by atoms with Gasteiger partial charge >= 0.3 is 0 Å². The molecule has 2 aromatic carbocycles. The van der Waals surface area contributed by atoms with Crippen molar-refractivity contribution in [3.63, 3.8) is 0 Å². The molecule has 0 aliphatic carbocycles. The van der Waals surface area contributed by atoms with Gasteiger partial charge in [-0.25, -0.2) is 0 Å². The van der Waals surface area contributed by atoms with E-state index in [2.05, 4.69) is 10.9 Å². The van der Waals surface area contributed by atoms with Crippen molar-refractivity contribution in [1.29, 1.82) is 0 Å². The number of hydrazine groups is 1. The third-order valence-electron chi connectivity index (χ3n) is 3.98. The van der Waals surface area contributed by atoms with Crippen LogP contribution in [0, 0.1) is 0 Å². The highest BCUT2D eigenvalue weighted by molar-refractivity contribution is 7.17. The zero-order chi connectivity index (χ0) is 18.6. The molecule has 0 saturated heterocycles. The van der Waals surface area contributed by atoms with Crippen molar-refractivity contribution in [3.05, 3.63) is 71.1 Å². The van der Waals surface area contributed by atoms with Crippen LogP contribution in [0.2, 0.25) is 0 Å². The lowest BCUT2D eigenvalue weighted by Crippen LogP contribution is -2.41. The fourth-order valence-electron chi connectivity index (χ4n) is 2.65. The Morgan fingerprint density at radius 3 is 2.37 bits per heavy atom. The summed E-state index contributed by atoms with van der Waals surface area (Å²) in [6.45, 7) is 1.07. The van der Waals surface area contributed by atoms with Crippen molar-refractivity contribution in [3.8, 4) is 21.9 Å². The number of carbonyl (C=O) groups excluding carboxylic acids is 2. The number of ether oxygens (including phenoxy) is 2. The van der Waals surface area contributed by atoms with Gasteiger partial charge in [0, 0.05) is 10.4 Å². The van der Waals surface area contributed by atoms with Crippen molar-refractivity contribution in [2.75, 3.05) is 13.2 Å². The Morgan fingerprint density at radius 1 is 0.815 bits per heavy atom. The van der Waals surface area contributed by atoms with Crippen LogP contribution in [-0.4, -0.2) is 25.0 Å². The topological polar surface area (TPSA) is 76.7 Å². The van der Waals surface area contributed by atoms with Gasteiger partial charge < -0.3 is 9.47 Å². The molecule has 2 heterocycles. The lowest BCUT2D eigenvalue weighted by molar-refractivity contribution is 0.0849. The van der Waals surface area contributed by atoms with Gasteiger partial charge in [-0.1, -0.05) is 18.2 Å². The van der Waals surface area contributed by atoms with E-state index in [4.69, 9.17) is 9.47 Å². The monoisotopic (exact) mass is 380 g/mol. The fraction of sp³-hybridized carbons (Fsp3) is 0.100. The largest absolute Gasteiger partial charge is 0.486 e. The minimum Gasteiger partial charge on any atom is -0.486 e. The lowest BCUT2D eigenvalue weighted by Gasteiger charge is -2.18. The summed E-state index contributed by atoms with van der Waals surface area (Å²) in [7, 11) is 0. The van der Waals surface area contributed by atoms with Gasteiger partial charge in [0.05, 0.1) is 4.88 Å². The molecule has 0 bridgehead atoms. The maximum Gasteiger partial charge on any atom is 0.279 e. The Balaban J connectivity index is 1.43. The Morgan fingerprint density at radius 2 is 1.56 bits per heavy atom. The van der Waals surface area contributed by atoms with Gasteiger partial charge in [-0.05, 0) is 48.0 Å². The predicted octanol–water partition coefficient (Wildman–Crippen LogP) is 3.26. The molecule has 2 amide bonds. The van der Waals surface area contributed by atoms with E-state index in [1.54, 1.807) is 30.3 Å². The van der Waals surface area contributed by atoms with Crippen molar-refractivity contribution in [1.82, 2.24) is 10.9 Å². The van der Waals surface area contributed by atoms with E-state index in [-0.39, 0.29) is 11.8 Å². The fourth-order valence-corrected chi connectivity index (χ4v) is 3.55. The third-order valence-corrected chi connectivity index (χ3v) is 5.12. The molecule has 0 fully saturated rings. The smallest absolute Gasteiger partial charge is 0.279 e. The maximum absolute atomic E-state index is 12.3. The van der Waals surface area contributed by atoms with E-state index in [9.17, 15) is 9.59 Å². The van der Waals surface area contributed by atoms with Gasteiger partial charge in [0.15, 0.2) is 11.5 Å². The highest BCUT2D eigenvalue weighted by Gasteiger charge is 2.15. The number of nitrogens with one attached hydrogen (secondary N) is 2. The predicted molar refractivity (Wildman–Crippen MR) is 102 cm³/mol. The molecule has 0 atom stereocenters. The Labute approximate surface area is 159 Å². The van der Waals surface area contributed by atoms with E-state index in [1.807, 2.05) is 30.3 Å². The molecule has 0 saturated carbocycles. The van der Waals surface area contributed by atoms with Crippen LogP contribution in [0.5, 0.6) is 11.5 Å². The minimum atomic E-state index is -0.368. The van der Waals surface area contributed by atoms with Crippen molar-refractivity contribution in [2.45, 2.75) is 0 Å². The van der Waals surface area contributed by atoms with Crippen LogP contribution in [0.15, 0.2) is 60.7 Å². The van der Waals surface area contributed by atoms with E-state index in [1.165, 1.54) is 11.3 Å². The first kappa shape index (κ1) is 17.1. The number of amides is 2. The molecule has 1 aliphatic heterocycles.